The van der Waals surface area contributed by atoms with Crippen molar-refractivity contribution < 1.29 is 9.47 Å². The molecule has 0 amide bonds. The van der Waals surface area contributed by atoms with Gasteiger partial charge in [0.25, 0.3) is 0 Å². The molecule has 1 saturated heterocycles. The SMILES string of the molecule is CCCCCCCC[C@@H]1OCC[C@@H](C)O1. The predicted molar refractivity (Wildman–Crippen MR) is 62.9 cm³/mol. The largest absolute Gasteiger partial charge is 0.353 e. The van der Waals surface area contributed by atoms with Crippen molar-refractivity contribution in [1.29, 1.82) is 0 Å². The second-order valence-corrected chi connectivity index (χ2v) is 4.59. The zero-order valence-corrected chi connectivity index (χ0v) is 10.3. The fourth-order valence-corrected chi connectivity index (χ4v) is 1.97. The molecule has 90 valence electrons. The lowest BCUT2D eigenvalue weighted by Gasteiger charge is -2.28. The van der Waals surface area contributed by atoms with Crippen LogP contribution < -0.4 is 0 Å². The molecule has 2 nitrogen and oxygen atoms in total. The highest BCUT2D eigenvalue weighted by molar-refractivity contribution is 4.59. The number of rotatable bonds is 7. The normalized spacial score (nSPS) is 26.8. The molecule has 2 atom stereocenters. The standard InChI is InChI=1S/C13H26O2/c1-3-4-5-6-7-8-9-13-14-11-10-12(2)15-13/h12-13H,3-11H2,1-2H3/t12-,13-/m1/s1. The molecule has 1 aliphatic rings. The van der Waals surface area contributed by atoms with Gasteiger partial charge in [0, 0.05) is 0 Å². The van der Waals surface area contributed by atoms with Gasteiger partial charge in [-0.15, -0.1) is 0 Å². The lowest BCUT2D eigenvalue weighted by atomic mass is 10.1. The van der Waals surface area contributed by atoms with Gasteiger partial charge in [0.15, 0.2) is 6.29 Å². The van der Waals surface area contributed by atoms with Crippen LogP contribution >= 0.6 is 0 Å². The number of unbranched alkanes of at least 4 members (excludes halogenated alkanes) is 5. The molecule has 2 heteroatoms. The zero-order valence-electron chi connectivity index (χ0n) is 10.3. The highest BCUT2D eigenvalue weighted by Crippen LogP contribution is 2.17. The number of ether oxygens (including phenoxy) is 2. The topological polar surface area (TPSA) is 18.5 Å². The van der Waals surface area contributed by atoms with E-state index in [1.807, 2.05) is 0 Å². The van der Waals surface area contributed by atoms with Gasteiger partial charge in [-0.05, 0) is 26.2 Å². The Morgan fingerprint density at radius 1 is 1.07 bits per heavy atom. The first kappa shape index (κ1) is 13.0. The van der Waals surface area contributed by atoms with Crippen LogP contribution in [0.25, 0.3) is 0 Å². The maximum absolute atomic E-state index is 5.69. The summed E-state index contributed by atoms with van der Waals surface area (Å²) in [6, 6.07) is 0. The Bertz CT molecular complexity index is 147. The Labute approximate surface area is 94.3 Å². The van der Waals surface area contributed by atoms with Crippen LogP contribution in [0, 0.1) is 0 Å². The smallest absolute Gasteiger partial charge is 0.157 e. The average molecular weight is 214 g/mol. The van der Waals surface area contributed by atoms with Crippen molar-refractivity contribution in [1.82, 2.24) is 0 Å². The van der Waals surface area contributed by atoms with E-state index in [4.69, 9.17) is 9.47 Å². The third-order valence-electron chi connectivity index (χ3n) is 3.01. The molecular formula is C13H26O2. The third-order valence-corrected chi connectivity index (χ3v) is 3.01. The molecule has 1 fully saturated rings. The molecule has 0 aromatic heterocycles. The maximum Gasteiger partial charge on any atom is 0.157 e. The van der Waals surface area contributed by atoms with Crippen LogP contribution in [0.2, 0.25) is 0 Å². The molecule has 0 N–H and O–H groups in total. The molecule has 0 unspecified atom stereocenters. The van der Waals surface area contributed by atoms with Crippen molar-refractivity contribution in [3.63, 3.8) is 0 Å². The van der Waals surface area contributed by atoms with Crippen LogP contribution in [0.15, 0.2) is 0 Å². The number of hydrogen-bond donors (Lipinski definition) is 0. The molecule has 0 spiro atoms. The van der Waals surface area contributed by atoms with E-state index in [2.05, 4.69) is 13.8 Å². The monoisotopic (exact) mass is 214 g/mol. The van der Waals surface area contributed by atoms with Crippen LogP contribution in [-0.4, -0.2) is 19.0 Å². The fraction of sp³-hybridized carbons (Fsp3) is 1.00. The lowest BCUT2D eigenvalue weighted by Crippen LogP contribution is -2.30. The minimum Gasteiger partial charge on any atom is -0.353 e. The van der Waals surface area contributed by atoms with Crippen molar-refractivity contribution >= 4 is 0 Å². The van der Waals surface area contributed by atoms with E-state index in [0.29, 0.717) is 6.10 Å². The van der Waals surface area contributed by atoms with Gasteiger partial charge >= 0.3 is 0 Å². The summed E-state index contributed by atoms with van der Waals surface area (Å²) in [5, 5.41) is 0. The Kier molecular flexibility index (Phi) is 7.03. The molecule has 0 aromatic rings. The summed E-state index contributed by atoms with van der Waals surface area (Å²) in [6.07, 6.45) is 10.7. The Balaban J connectivity index is 1.90. The van der Waals surface area contributed by atoms with Crippen molar-refractivity contribution in [2.75, 3.05) is 6.61 Å². The summed E-state index contributed by atoms with van der Waals surface area (Å²) < 4.78 is 11.2. The fourth-order valence-electron chi connectivity index (χ4n) is 1.97. The van der Waals surface area contributed by atoms with Crippen molar-refractivity contribution in [3.05, 3.63) is 0 Å². The van der Waals surface area contributed by atoms with E-state index in [1.165, 1.54) is 38.5 Å². The van der Waals surface area contributed by atoms with E-state index >= 15 is 0 Å². The zero-order chi connectivity index (χ0) is 10.9. The van der Waals surface area contributed by atoms with Crippen molar-refractivity contribution in [2.45, 2.75) is 77.6 Å². The summed E-state index contributed by atoms with van der Waals surface area (Å²) in [4.78, 5) is 0. The molecule has 0 saturated carbocycles. The maximum atomic E-state index is 5.69. The van der Waals surface area contributed by atoms with E-state index in [0.717, 1.165) is 19.4 Å². The first-order valence-electron chi connectivity index (χ1n) is 6.60. The van der Waals surface area contributed by atoms with Gasteiger partial charge in [0.05, 0.1) is 12.7 Å². The molecular weight excluding hydrogens is 188 g/mol. The Morgan fingerprint density at radius 3 is 2.53 bits per heavy atom. The van der Waals surface area contributed by atoms with Crippen LogP contribution in [0.1, 0.15) is 65.2 Å². The third kappa shape index (κ3) is 6.16. The average Bonchev–Trinajstić information content (AvgIpc) is 2.23. The summed E-state index contributed by atoms with van der Waals surface area (Å²) in [5.41, 5.74) is 0. The van der Waals surface area contributed by atoms with Gasteiger partial charge < -0.3 is 9.47 Å². The summed E-state index contributed by atoms with van der Waals surface area (Å²) >= 11 is 0. The van der Waals surface area contributed by atoms with Gasteiger partial charge in [-0.1, -0.05) is 39.0 Å². The van der Waals surface area contributed by atoms with Crippen LogP contribution in [0.4, 0.5) is 0 Å². The van der Waals surface area contributed by atoms with Gasteiger partial charge in [-0.3, -0.25) is 0 Å². The highest BCUT2D eigenvalue weighted by Gasteiger charge is 2.18. The first-order valence-corrected chi connectivity index (χ1v) is 6.60. The molecule has 0 aromatic carbocycles. The Morgan fingerprint density at radius 2 is 1.80 bits per heavy atom. The van der Waals surface area contributed by atoms with Crippen LogP contribution in [0.5, 0.6) is 0 Å². The quantitative estimate of drug-likeness (QED) is 0.599. The van der Waals surface area contributed by atoms with Crippen LogP contribution in [-0.2, 0) is 9.47 Å². The van der Waals surface area contributed by atoms with Crippen molar-refractivity contribution in [3.8, 4) is 0 Å². The molecule has 15 heavy (non-hydrogen) atoms. The molecule has 0 bridgehead atoms. The van der Waals surface area contributed by atoms with Gasteiger partial charge in [-0.25, -0.2) is 0 Å². The minimum absolute atomic E-state index is 0.0833. The van der Waals surface area contributed by atoms with E-state index < -0.39 is 0 Å². The molecule has 0 aliphatic carbocycles. The molecule has 1 aliphatic heterocycles. The van der Waals surface area contributed by atoms with Gasteiger partial charge in [0.2, 0.25) is 0 Å². The summed E-state index contributed by atoms with van der Waals surface area (Å²) in [7, 11) is 0. The predicted octanol–water partition coefficient (Wildman–Crippen LogP) is 3.89. The highest BCUT2D eigenvalue weighted by atomic mass is 16.7. The van der Waals surface area contributed by atoms with Crippen LogP contribution in [0.3, 0.4) is 0 Å². The Hall–Kier alpha value is -0.0800. The molecule has 0 radical (unpaired) electrons. The molecule has 1 rings (SSSR count). The van der Waals surface area contributed by atoms with E-state index in [-0.39, 0.29) is 6.29 Å². The van der Waals surface area contributed by atoms with E-state index in [9.17, 15) is 0 Å². The summed E-state index contributed by atoms with van der Waals surface area (Å²) in [6.45, 7) is 5.27. The molecule has 1 heterocycles. The minimum atomic E-state index is 0.0833. The van der Waals surface area contributed by atoms with E-state index in [1.54, 1.807) is 0 Å². The van der Waals surface area contributed by atoms with Crippen molar-refractivity contribution in [2.24, 2.45) is 0 Å². The second-order valence-electron chi connectivity index (χ2n) is 4.59. The summed E-state index contributed by atoms with van der Waals surface area (Å²) in [5.74, 6) is 0. The first-order chi connectivity index (χ1) is 7.33. The van der Waals surface area contributed by atoms with Gasteiger partial charge in [0.1, 0.15) is 0 Å². The van der Waals surface area contributed by atoms with Gasteiger partial charge in [-0.2, -0.15) is 0 Å². The number of hydrogen-bond acceptors (Lipinski definition) is 2. The lowest BCUT2D eigenvalue weighted by molar-refractivity contribution is -0.210. The second kappa shape index (κ2) is 8.12.